The molecule has 0 spiro atoms. The van der Waals surface area contributed by atoms with Gasteiger partial charge in [-0.1, -0.05) is 24.6 Å². The van der Waals surface area contributed by atoms with E-state index in [1.807, 2.05) is 13.8 Å². The van der Waals surface area contributed by atoms with E-state index in [1.165, 1.54) is 6.07 Å². The topological polar surface area (TPSA) is 41.1 Å². The van der Waals surface area contributed by atoms with Crippen molar-refractivity contribution in [2.24, 2.45) is 0 Å². The molecule has 1 heterocycles. The van der Waals surface area contributed by atoms with Gasteiger partial charge in [0.05, 0.1) is 11.6 Å². The molecular formula is C15H21FN2O. The van der Waals surface area contributed by atoms with Crippen LogP contribution in [-0.2, 0) is 10.3 Å². The van der Waals surface area contributed by atoms with Gasteiger partial charge in [0, 0.05) is 5.56 Å². The fourth-order valence-corrected chi connectivity index (χ4v) is 2.51. The standard InChI is InChI=1S/C15H21FN2O/c1-15(2,11-7-3-4-8-12(11)16)18-14(19)13-9-5-6-10-17-13/h3-4,7-8,13,17H,5-6,9-10H2,1-2H3,(H,18,19). The van der Waals surface area contributed by atoms with E-state index in [1.54, 1.807) is 18.2 Å². The fourth-order valence-electron chi connectivity index (χ4n) is 2.51. The van der Waals surface area contributed by atoms with Crippen molar-refractivity contribution in [1.29, 1.82) is 0 Å². The first-order chi connectivity index (χ1) is 9.00. The molecular weight excluding hydrogens is 243 g/mol. The maximum Gasteiger partial charge on any atom is 0.237 e. The van der Waals surface area contributed by atoms with Crippen LogP contribution in [0.1, 0.15) is 38.7 Å². The van der Waals surface area contributed by atoms with Crippen LogP contribution in [0, 0.1) is 5.82 Å². The first-order valence-electron chi connectivity index (χ1n) is 6.81. The smallest absolute Gasteiger partial charge is 0.237 e. The summed E-state index contributed by atoms with van der Waals surface area (Å²) >= 11 is 0. The van der Waals surface area contributed by atoms with Crippen LogP contribution < -0.4 is 10.6 Å². The van der Waals surface area contributed by atoms with Crippen LogP contribution in [0.5, 0.6) is 0 Å². The number of carbonyl (C=O) groups is 1. The molecule has 1 aliphatic heterocycles. The molecule has 0 radical (unpaired) electrons. The molecule has 0 bridgehead atoms. The van der Waals surface area contributed by atoms with Crippen molar-refractivity contribution in [1.82, 2.24) is 10.6 Å². The summed E-state index contributed by atoms with van der Waals surface area (Å²) in [6.45, 7) is 4.52. The van der Waals surface area contributed by atoms with Gasteiger partial charge in [-0.2, -0.15) is 0 Å². The molecule has 1 unspecified atom stereocenters. The van der Waals surface area contributed by atoms with Crippen LogP contribution in [0.2, 0.25) is 0 Å². The van der Waals surface area contributed by atoms with Gasteiger partial charge in [0.1, 0.15) is 5.82 Å². The van der Waals surface area contributed by atoms with Crippen molar-refractivity contribution in [3.8, 4) is 0 Å². The second-order valence-electron chi connectivity index (χ2n) is 5.60. The summed E-state index contributed by atoms with van der Waals surface area (Å²) in [6.07, 6.45) is 3.02. The summed E-state index contributed by atoms with van der Waals surface area (Å²) in [5, 5.41) is 6.14. The lowest BCUT2D eigenvalue weighted by atomic mass is 9.92. The molecule has 0 aromatic heterocycles. The average molecular weight is 264 g/mol. The molecule has 1 fully saturated rings. The molecule has 1 aromatic rings. The van der Waals surface area contributed by atoms with E-state index in [4.69, 9.17) is 0 Å². The second kappa shape index (κ2) is 5.70. The van der Waals surface area contributed by atoms with Crippen LogP contribution in [0.15, 0.2) is 24.3 Å². The number of nitrogens with one attached hydrogen (secondary N) is 2. The summed E-state index contributed by atoms with van der Waals surface area (Å²) in [6, 6.07) is 6.41. The summed E-state index contributed by atoms with van der Waals surface area (Å²) in [7, 11) is 0. The third-order valence-corrected chi connectivity index (χ3v) is 3.61. The number of benzene rings is 1. The van der Waals surface area contributed by atoms with Crippen molar-refractivity contribution in [2.75, 3.05) is 6.54 Å². The van der Waals surface area contributed by atoms with Gasteiger partial charge in [0.15, 0.2) is 0 Å². The van der Waals surface area contributed by atoms with Crippen molar-refractivity contribution >= 4 is 5.91 Å². The highest BCUT2D eigenvalue weighted by Crippen LogP contribution is 2.23. The van der Waals surface area contributed by atoms with Crippen molar-refractivity contribution in [3.63, 3.8) is 0 Å². The Kier molecular flexibility index (Phi) is 4.20. The Hall–Kier alpha value is -1.42. The number of halogens is 1. The molecule has 4 heteroatoms. The van der Waals surface area contributed by atoms with Crippen LogP contribution in [0.4, 0.5) is 4.39 Å². The molecule has 1 atom stereocenters. The quantitative estimate of drug-likeness (QED) is 0.879. The number of amides is 1. The number of rotatable bonds is 3. The maximum absolute atomic E-state index is 13.8. The second-order valence-corrected chi connectivity index (χ2v) is 5.60. The van der Waals surface area contributed by atoms with E-state index >= 15 is 0 Å². The maximum atomic E-state index is 13.8. The van der Waals surface area contributed by atoms with Gasteiger partial charge >= 0.3 is 0 Å². The minimum absolute atomic E-state index is 0.0482. The zero-order valence-corrected chi connectivity index (χ0v) is 11.5. The first-order valence-corrected chi connectivity index (χ1v) is 6.81. The Bertz CT molecular complexity index is 453. The highest BCUT2D eigenvalue weighted by molar-refractivity contribution is 5.82. The lowest BCUT2D eigenvalue weighted by Gasteiger charge is -2.31. The molecule has 104 valence electrons. The first kappa shape index (κ1) is 14.0. The molecule has 1 aromatic carbocycles. The van der Waals surface area contributed by atoms with Gasteiger partial charge in [-0.25, -0.2) is 4.39 Å². The van der Waals surface area contributed by atoms with E-state index in [-0.39, 0.29) is 17.8 Å². The molecule has 19 heavy (non-hydrogen) atoms. The molecule has 1 aliphatic rings. The number of hydrogen-bond donors (Lipinski definition) is 2. The normalized spacial score (nSPS) is 20.1. The van der Waals surface area contributed by atoms with Crippen LogP contribution in [0.25, 0.3) is 0 Å². The Morgan fingerprint density at radius 1 is 1.37 bits per heavy atom. The summed E-state index contributed by atoms with van der Waals surface area (Å²) in [5.74, 6) is -0.336. The lowest BCUT2D eigenvalue weighted by Crippen LogP contribution is -2.52. The third kappa shape index (κ3) is 3.32. The van der Waals surface area contributed by atoms with Crippen LogP contribution in [0.3, 0.4) is 0 Å². The highest BCUT2D eigenvalue weighted by atomic mass is 19.1. The monoisotopic (exact) mass is 264 g/mol. The van der Waals surface area contributed by atoms with Gasteiger partial charge in [-0.3, -0.25) is 4.79 Å². The number of carbonyl (C=O) groups excluding carboxylic acids is 1. The van der Waals surface area contributed by atoms with Crippen LogP contribution >= 0.6 is 0 Å². The van der Waals surface area contributed by atoms with Gasteiger partial charge in [0.25, 0.3) is 0 Å². The zero-order valence-electron chi connectivity index (χ0n) is 11.5. The SMILES string of the molecule is CC(C)(NC(=O)C1CCCCN1)c1ccccc1F. The molecule has 0 aliphatic carbocycles. The third-order valence-electron chi connectivity index (χ3n) is 3.61. The summed E-state index contributed by atoms with van der Waals surface area (Å²) < 4.78 is 13.8. The van der Waals surface area contributed by atoms with Gasteiger partial charge in [-0.05, 0) is 39.3 Å². The highest BCUT2D eigenvalue weighted by Gasteiger charge is 2.29. The van der Waals surface area contributed by atoms with E-state index in [0.29, 0.717) is 5.56 Å². The zero-order chi connectivity index (χ0) is 13.9. The van der Waals surface area contributed by atoms with Gasteiger partial charge in [0.2, 0.25) is 5.91 Å². The average Bonchev–Trinajstić information content (AvgIpc) is 2.39. The summed E-state index contributed by atoms with van der Waals surface area (Å²) in [5.41, 5.74) is -0.194. The van der Waals surface area contributed by atoms with E-state index in [2.05, 4.69) is 10.6 Å². The predicted octanol–water partition coefficient (Wildman–Crippen LogP) is 2.32. The molecule has 2 N–H and O–H groups in total. The Balaban J connectivity index is 2.08. The van der Waals surface area contributed by atoms with Crippen molar-refractivity contribution < 1.29 is 9.18 Å². The molecule has 2 rings (SSSR count). The van der Waals surface area contributed by atoms with E-state index in [9.17, 15) is 9.18 Å². The molecule has 0 saturated carbocycles. The Labute approximate surface area is 113 Å². The van der Waals surface area contributed by atoms with Crippen molar-refractivity contribution in [2.45, 2.75) is 44.7 Å². The molecule has 3 nitrogen and oxygen atoms in total. The summed E-state index contributed by atoms with van der Waals surface area (Å²) in [4.78, 5) is 12.2. The largest absolute Gasteiger partial charge is 0.346 e. The molecule has 1 amide bonds. The van der Waals surface area contributed by atoms with Crippen molar-refractivity contribution in [3.05, 3.63) is 35.6 Å². The van der Waals surface area contributed by atoms with Gasteiger partial charge < -0.3 is 10.6 Å². The van der Waals surface area contributed by atoms with Gasteiger partial charge in [-0.15, -0.1) is 0 Å². The van der Waals surface area contributed by atoms with E-state index in [0.717, 1.165) is 25.8 Å². The predicted molar refractivity (Wildman–Crippen MR) is 73.2 cm³/mol. The molecule has 1 saturated heterocycles. The number of piperidine rings is 1. The Morgan fingerprint density at radius 2 is 2.11 bits per heavy atom. The fraction of sp³-hybridized carbons (Fsp3) is 0.533. The number of hydrogen-bond acceptors (Lipinski definition) is 2. The van der Waals surface area contributed by atoms with Crippen LogP contribution in [-0.4, -0.2) is 18.5 Å². The minimum atomic E-state index is -0.707. The minimum Gasteiger partial charge on any atom is -0.346 e. The lowest BCUT2D eigenvalue weighted by molar-refractivity contribution is -0.125. The Morgan fingerprint density at radius 3 is 2.74 bits per heavy atom. The van der Waals surface area contributed by atoms with E-state index < -0.39 is 5.54 Å².